The van der Waals surface area contributed by atoms with Gasteiger partial charge in [0.25, 0.3) is 0 Å². The lowest BCUT2D eigenvalue weighted by Gasteiger charge is -2.28. The SMILES string of the molecule is NC1C2CCC(C2)C1C(=O)NC1CCc2cc(Cl)ccc21. The topological polar surface area (TPSA) is 55.1 Å². The van der Waals surface area contributed by atoms with Crippen LogP contribution in [0.2, 0.25) is 5.02 Å². The van der Waals surface area contributed by atoms with E-state index in [-0.39, 0.29) is 23.9 Å². The van der Waals surface area contributed by atoms with Gasteiger partial charge in [0, 0.05) is 11.1 Å². The highest BCUT2D eigenvalue weighted by atomic mass is 35.5. The second-order valence-electron chi connectivity index (χ2n) is 6.88. The number of carbonyl (C=O) groups is 1. The Hall–Kier alpha value is -1.06. The van der Waals surface area contributed by atoms with Crippen LogP contribution in [0.15, 0.2) is 18.2 Å². The molecule has 1 amide bonds. The minimum absolute atomic E-state index is 0.0279. The van der Waals surface area contributed by atoms with Gasteiger partial charge >= 0.3 is 0 Å². The molecule has 2 fully saturated rings. The summed E-state index contributed by atoms with van der Waals surface area (Å²) in [4.78, 5) is 12.7. The smallest absolute Gasteiger partial charge is 0.225 e. The summed E-state index contributed by atoms with van der Waals surface area (Å²) in [7, 11) is 0. The lowest BCUT2D eigenvalue weighted by atomic mass is 9.84. The molecule has 112 valence electrons. The summed E-state index contributed by atoms with van der Waals surface area (Å²) in [6.45, 7) is 0. The van der Waals surface area contributed by atoms with Gasteiger partial charge in [0.1, 0.15) is 0 Å². The van der Waals surface area contributed by atoms with Crippen molar-refractivity contribution in [2.24, 2.45) is 23.5 Å². The van der Waals surface area contributed by atoms with Crippen molar-refractivity contribution in [2.45, 2.75) is 44.2 Å². The molecule has 5 unspecified atom stereocenters. The number of halogens is 1. The molecule has 5 atom stereocenters. The molecule has 1 aromatic rings. The largest absolute Gasteiger partial charge is 0.349 e. The first-order chi connectivity index (χ1) is 10.1. The number of aryl methyl sites for hydroxylation is 1. The number of benzene rings is 1. The van der Waals surface area contributed by atoms with Crippen LogP contribution in [-0.4, -0.2) is 11.9 Å². The number of amides is 1. The van der Waals surface area contributed by atoms with E-state index in [1.54, 1.807) is 0 Å². The van der Waals surface area contributed by atoms with Crippen LogP contribution in [0.1, 0.15) is 42.9 Å². The summed E-state index contributed by atoms with van der Waals surface area (Å²) in [5, 5.41) is 4.02. The second-order valence-corrected chi connectivity index (χ2v) is 7.32. The van der Waals surface area contributed by atoms with Gasteiger partial charge in [-0.3, -0.25) is 4.79 Å². The fourth-order valence-corrected chi connectivity index (χ4v) is 4.92. The molecular weight excluding hydrogens is 284 g/mol. The predicted octanol–water partition coefficient (Wildman–Crippen LogP) is 2.82. The standard InChI is InChI=1S/C17H21ClN2O/c18-12-4-5-13-9(8-12)3-6-14(13)20-17(21)15-10-1-2-11(7-10)16(15)19/h4-5,8,10-11,14-16H,1-3,6-7,19H2,(H,20,21). The van der Waals surface area contributed by atoms with Gasteiger partial charge in [-0.05, 0) is 67.2 Å². The van der Waals surface area contributed by atoms with Gasteiger partial charge in [-0.15, -0.1) is 0 Å². The van der Waals surface area contributed by atoms with Crippen molar-refractivity contribution in [3.63, 3.8) is 0 Å². The van der Waals surface area contributed by atoms with Gasteiger partial charge in [0.2, 0.25) is 5.91 Å². The van der Waals surface area contributed by atoms with Crippen LogP contribution in [0.3, 0.4) is 0 Å². The third-order valence-electron chi connectivity index (χ3n) is 5.78. The average Bonchev–Trinajstić information content (AvgIpc) is 3.13. The molecule has 21 heavy (non-hydrogen) atoms. The quantitative estimate of drug-likeness (QED) is 0.883. The van der Waals surface area contributed by atoms with Crippen LogP contribution in [0, 0.1) is 17.8 Å². The van der Waals surface area contributed by atoms with Crippen LogP contribution in [-0.2, 0) is 11.2 Å². The summed E-state index contributed by atoms with van der Waals surface area (Å²) < 4.78 is 0. The summed E-state index contributed by atoms with van der Waals surface area (Å²) in [5.41, 5.74) is 8.77. The summed E-state index contributed by atoms with van der Waals surface area (Å²) in [5.74, 6) is 1.28. The van der Waals surface area contributed by atoms with Crippen molar-refractivity contribution in [1.29, 1.82) is 0 Å². The number of hydrogen-bond donors (Lipinski definition) is 2. The van der Waals surface area contributed by atoms with Gasteiger partial charge in [-0.2, -0.15) is 0 Å². The van der Waals surface area contributed by atoms with E-state index in [0.717, 1.165) is 24.3 Å². The fraction of sp³-hybridized carbons (Fsp3) is 0.588. The Bertz CT molecular complexity index is 586. The molecule has 3 aliphatic rings. The molecule has 3 nitrogen and oxygen atoms in total. The maximum Gasteiger partial charge on any atom is 0.225 e. The lowest BCUT2D eigenvalue weighted by Crippen LogP contribution is -2.45. The van der Waals surface area contributed by atoms with Gasteiger partial charge in [0.15, 0.2) is 0 Å². The molecule has 2 saturated carbocycles. The summed E-state index contributed by atoms with van der Waals surface area (Å²) >= 11 is 6.04. The highest BCUT2D eigenvalue weighted by Crippen LogP contribution is 2.48. The van der Waals surface area contributed by atoms with Crippen LogP contribution in [0.25, 0.3) is 0 Å². The number of fused-ring (bicyclic) bond motifs is 3. The highest BCUT2D eigenvalue weighted by Gasteiger charge is 2.49. The Morgan fingerprint density at radius 1 is 1.24 bits per heavy atom. The maximum atomic E-state index is 12.7. The Morgan fingerprint density at radius 2 is 2.05 bits per heavy atom. The minimum Gasteiger partial charge on any atom is -0.349 e. The van der Waals surface area contributed by atoms with E-state index in [1.165, 1.54) is 24.0 Å². The van der Waals surface area contributed by atoms with E-state index < -0.39 is 0 Å². The number of hydrogen-bond acceptors (Lipinski definition) is 2. The van der Waals surface area contributed by atoms with Crippen LogP contribution in [0.4, 0.5) is 0 Å². The van der Waals surface area contributed by atoms with Crippen LogP contribution >= 0.6 is 11.6 Å². The first kappa shape index (κ1) is 13.6. The molecule has 3 aliphatic carbocycles. The van der Waals surface area contributed by atoms with E-state index in [1.807, 2.05) is 12.1 Å². The Labute approximate surface area is 130 Å². The molecule has 0 aromatic heterocycles. The first-order valence-corrected chi connectivity index (χ1v) is 8.35. The fourth-order valence-electron chi connectivity index (χ4n) is 4.73. The van der Waals surface area contributed by atoms with Crippen LogP contribution in [0.5, 0.6) is 0 Å². The van der Waals surface area contributed by atoms with E-state index >= 15 is 0 Å². The lowest BCUT2D eigenvalue weighted by molar-refractivity contribution is -0.127. The summed E-state index contributed by atoms with van der Waals surface area (Å²) in [6, 6.07) is 6.18. The third kappa shape index (κ3) is 2.18. The summed E-state index contributed by atoms with van der Waals surface area (Å²) in [6.07, 6.45) is 5.49. The van der Waals surface area contributed by atoms with Crippen LogP contribution < -0.4 is 11.1 Å². The first-order valence-electron chi connectivity index (χ1n) is 7.98. The number of nitrogens with two attached hydrogens (primary N) is 1. The third-order valence-corrected chi connectivity index (χ3v) is 6.02. The molecule has 4 rings (SSSR count). The van der Waals surface area contributed by atoms with Gasteiger partial charge in [0.05, 0.1) is 12.0 Å². The number of rotatable bonds is 2. The molecule has 1 aromatic carbocycles. The normalized spacial score (nSPS) is 36.8. The van der Waals surface area contributed by atoms with E-state index in [4.69, 9.17) is 17.3 Å². The number of carbonyl (C=O) groups excluding carboxylic acids is 1. The molecule has 3 N–H and O–H groups in total. The second kappa shape index (κ2) is 4.99. The number of nitrogens with one attached hydrogen (secondary N) is 1. The van der Waals surface area contributed by atoms with Gasteiger partial charge in [-0.25, -0.2) is 0 Å². The molecule has 0 radical (unpaired) electrons. The molecule has 0 aliphatic heterocycles. The maximum absolute atomic E-state index is 12.7. The highest BCUT2D eigenvalue weighted by molar-refractivity contribution is 6.30. The zero-order valence-electron chi connectivity index (χ0n) is 12.0. The zero-order chi connectivity index (χ0) is 14.6. The van der Waals surface area contributed by atoms with Crippen molar-refractivity contribution < 1.29 is 4.79 Å². The molecule has 0 heterocycles. The minimum atomic E-state index is 0.0279. The zero-order valence-corrected chi connectivity index (χ0v) is 12.8. The van der Waals surface area contributed by atoms with E-state index in [2.05, 4.69) is 11.4 Å². The van der Waals surface area contributed by atoms with Crippen molar-refractivity contribution in [1.82, 2.24) is 5.32 Å². The van der Waals surface area contributed by atoms with E-state index in [9.17, 15) is 4.79 Å². The molecule has 2 bridgehead atoms. The Kier molecular flexibility index (Phi) is 3.23. The van der Waals surface area contributed by atoms with Crippen molar-refractivity contribution in [3.05, 3.63) is 34.3 Å². The molecular formula is C17H21ClN2O. The predicted molar refractivity (Wildman–Crippen MR) is 83.0 cm³/mol. The molecule has 4 heteroatoms. The monoisotopic (exact) mass is 304 g/mol. The van der Waals surface area contributed by atoms with Crippen molar-refractivity contribution in [2.75, 3.05) is 0 Å². The molecule has 0 spiro atoms. The Balaban J connectivity index is 1.49. The van der Waals surface area contributed by atoms with Gasteiger partial charge < -0.3 is 11.1 Å². The Morgan fingerprint density at radius 3 is 2.81 bits per heavy atom. The molecule has 0 saturated heterocycles. The van der Waals surface area contributed by atoms with Gasteiger partial charge in [-0.1, -0.05) is 17.7 Å². The average molecular weight is 305 g/mol. The van der Waals surface area contributed by atoms with Crippen molar-refractivity contribution >= 4 is 17.5 Å². The van der Waals surface area contributed by atoms with E-state index in [0.29, 0.717) is 11.8 Å². The van der Waals surface area contributed by atoms with Crippen molar-refractivity contribution in [3.8, 4) is 0 Å².